The van der Waals surface area contributed by atoms with Crippen LogP contribution in [0.25, 0.3) is 0 Å². The Morgan fingerprint density at radius 1 is 0.875 bits per heavy atom. The molecule has 0 aliphatic carbocycles. The van der Waals surface area contributed by atoms with Gasteiger partial charge in [0.05, 0.1) is 0 Å². The van der Waals surface area contributed by atoms with Gasteiger partial charge in [-0.25, -0.2) is 0 Å². The summed E-state index contributed by atoms with van der Waals surface area (Å²) >= 11 is 0. The summed E-state index contributed by atoms with van der Waals surface area (Å²) in [4.78, 5) is 5.19. The van der Waals surface area contributed by atoms with Gasteiger partial charge in [-0.05, 0) is 25.4 Å². The summed E-state index contributed by atoms with van der Waals surface area (Å²) in [5.74, 6) is 0.882. The molecule has 1 fully saturated rings. The average Bonchev–Trinajstić information content (AvgIpc) is 2.29. The summed E-state index contributed by atoms with van der Waals surface area (Å²) in [7, 11) is 0. The van der Waals surface area contributed by atoms with E-state index in [4.69, 9.17) is 0 Å². The van der Waals surface area contributed by atoms with Crippen LogP contribution in [0.4, 0.5) is 0 Å². The third-order valence-corrected chi connectivity index (χ3v) is 3.67. The fraction of sp³-hybridized carbons (Fsp3) is 1.00. The minimum absolute atomic E-state index is 0.882. The number of unbranched alkanes of at least 4 members (excludes halogenated alkanes) is 2. The first-order chi connectivity index (χ1) is 7.72. The zero-order valence-corrected chi connectivity index (χ0v) is 11.5. The van der Waals surface area contributed by atoms with E-state index in [1.165, 1.54) is 65.0 Å². The Morgan fingerprint density at radius 3 is 2.06 bits per heavy atom. The molecule has 2 heteroatoms. The molecular formula is C14H30N2. The Labute approximate surface area is 102 Å². The van der Waals surface area contributed by atoms with Gasteiger partial charge in [0.2, 0.25) is 0 Å². The van der Waals surface area contributed by atoms with Gasteiger partial charge >= 0.3 is 0 Å². The van der Waals surface area contributed by atoms with Gasteiger partial charge in [-0.1, -0.05) is 40.0 Å². The van der Waals surface area contributed by atoms with Crippen LogP contribution < -0.4 is 0 Å². The summed E-state index contributed by atoms with van der Waals surface area (Å²) in [5.41, 5.74) is 0. The van der Waals surface area contributed by atoms with E-state index in [1.807, 2.05) is 0 Å². The van der Waals surface area contributed by atoms with Gasteiger partial charge in [0.25, 0.3) is 0 Å². The van der Waals surface area contributed by atoms with E-state index < -0.39 is 0 Å². The quantitative estimate of drug-likeness (QED) is 0.616. The molecule has 2 nitrogen and oxygen atoms in total. The highest BCUT2D eigenvalue weighted by molar-refractivity contribution is 4.70. The molecule has 0 amide bonds. The van der Waals surface area contributed by atoms with E-state index in [2.05, 4.69) is 30.6 Å². The van der Waals surface area contributed by atoms with Gasteiger partial charge in [-0.2, -0.15) is 0 Å². The molecule has 0 spiro atoms. The number of rotatable bonds is 7. The van der Waals surface area contributed by atoms with Crippen molar-refractivity contribution in [2.45, 2.75) is 46.5 Å². The van der Waals surface area contributed by atoms with Crippen LogP contribution in [-0.4, -0.2) is 49.1 Å². The van der Waals surface area contributed by atoms with Crippen molar-refractivity contribution in [2.24, 2.45) is 5.92 Å². The average molecular weight is 226 g/mol. The second kappa shape index (κ2) is 8.08. The van der Waals surface area contributed by atoms with Crippen LogP contribution in [0.5, 0.6) is 0 Å². The monoisotopic (exact) mass is 226 g/mol. The van der Waals surface area contributed by atoms with Crippen molar-refractivity contribution in [1.82, 2.24) is 9.80 Å². The van der Waals surface area contributed by atoms with Crippen molar-refractivity contribution in [1.29, 1.82) is 0 Å². The maximum Gasteiger partial charge on any atom is 0.0110 e. The Hall–Kier alpha value is -0.0800. The van der Waals surface area contributed by atoms with E-state index in [1.54, 1.807) is 0 Å². The van der Waals surface area contributed by atoms with E-state index in [9.17, 15) is 0 Å². The number of hydrogen-bond acceptors (Lipinski definition) is 2. The molecule has 0 atom stereocenters. The van der Waals surface area contributed by atoms with Crippen LogP contribution in [0, 0.1) is 5.92 Å². The highest BCUT2D eigenvalue weighted by atomic mass is 15.3. The second-order valence-corrected chi connectivity index (χ2v) is 5.52. The van der Waals surface area contributed by atoms with Crippen molar-refractivity contribution in [3.63, 3.8) is 0 Å². The number of hydrogen-bond donors (Lipinski definition) is 0. The zero-order valence-electron chi connectivity index (χ0n) is 11.5. The van der Waals surface area contributed by atoms with Gasteiger partial charge in [-0.3, -0.25) is 0 Å². The molecule has 96 valence electrons. The minimum atomic E-state index is 0.882. The summed E-state index contributed by atoms with van der Waals surface area (Å²) in [6.45, 7) is 14.6. The van der Waals surface area contributed by atoms with Crippen LogP contribution in [-0.2, 0) is 0 Å². The fourth-order valence-electron chi connectivity index (χ4n) is 2.39. The molecule has 0 aromatic rings. The molecule has 1 aliphatic rings. The smallest absolute Gasteiger partial charge is 0.0110 e. The van der Waals surface area contributed by atoms with Crippen LogP contribution in [0.15, 0.2) is 0 Å². The molecule has 0 saturated carbocycles. The summed E-state index contributed by atoms with van der Waals surface area (Å²) in [5, 5.41) is 0. The first-order valence-electron chi connectivity index (χ1n) is 7.17. The predicted octanol–water partition coefficient (Wildman–Crippen LogP) is 2.84. The molecule has 1 aliphatic heterocycles. The maximum absolute atomic E-state index is 2.64. The van der Waals surface area contributed by atoms with E-state index in [-0.39, 0.29) is 0 Å². The lowest BCUT2D eigenvalue weighted by Gasteiger charge is -2.34. The SMILES string of the molecule is CCN1CCN(CCCCCC(C)C)CC1. The van der Waals surface area contributed by atoms with Crippen LogP contribution in [0.3, 0.4) is 0 Å². The summed E-state index contributed by atoms with van der Waals surface area (Å²) in [6, 6.07) is 0. The van der Waals surface area contributed by atoms with Crippen LogP contribution in [0.2, 0.25) is 0 Å². The Bertz CT molecular complexity index is 160. The van der Waals surface area contributed by atoms with Crippen molar-refractivity contribution < 1.29 is 0 Å². The van der Waals surface area contributed by atoms with E-state index >= 15 is 0 Å². The standard InChI is InChI=1S/C14H30N2/c1-4-15-10-12-16(13-11-15)9-7-5-6-8-14(2)3/h14H,4-13H2,1-3H3. The molecule has 0 aromatic heterocycles. The molecule has 1 saturated heterocycles. The fourth-order valence-corrected chi connectivity index (χ4v) is 2.39. The van der Waals surface area contributed by atoms with Crippen LogP contribution >= 0.6 is 0 Å². The largest absolute Gasteiger partial charge is 0.301 e. The molecule has 1 rings (SSSR count). The van der Waals surface area contributed by atoms with Gasteiger partial charge in [0.1, 0.15) is 0 Å². The highest BCUT2D eigenvalue weighted by Crippen LogP contribution is 2.09. The molecule has 0 radical (unpaired) electrons. The first kappa shape index (κ1) is 14.0. The molecule has 0 unspecified atom stereocenters. The van der Waals surface area contributed by atoms with Crippen molar-refractivity contribution >= 4 is 0 Å². The maximum atomic E-state index is 2.64. The normalized spacial score (nSPS) is 19.5. The Morgan fingerprint density at radius 2 is 1.50 bits per heavy atom. The molecule has 16 heavy (non-hydrogen) atoms. The molecule has 0 aromatic carbocycles. The summed E-state index contributed by atoms with van der Waals surface area (Å²) < 4.78 is 0. The summed E-state index contributed by atoms with van der Waals surface area (Å²) in [6.07, 6.45) is 5.65. The Balaban J connectivity index is 1.94. The molecule has 0 N–H and O–H groups in total. The van der Waals surface area contributed by atoms with E-state index in [0.29, 0.717) is 0 Å². The second-order valence-electron chi connectivity index (χ2n) is 5.52. The number of piperazine rings is 1. The van der Waals surface area contributed by atoms with Gasteiger partial charge in [0, 0.05) is 26.2 Å². The number of likely N-dealkylation sites (N-methyl/N-ethyl adjacent to an activating group) is 1. The Kier molecular flexibility index (Phi) is 7.06. The molecule has 1 heterocycles. The van der Waals surface area contributed by atoms with Crippen molar-refractivity contribution in [2.75, 3.05) is 39.3 Å². The first-order valence-corrected chi connectivity index (χ1v) is 7.17. The minimum Gasteiger partial charge on any atom is -0.301 e. The zero-order chi connectivity index (χ0) is 11.8. The van der Waals surface area contributed by atoms with Crippen molar-refractivity contribution in [3.8, 4) is 0 Å². The van der Waals surface area contributed by atoms with Gasteiger partial charge in [0.15, 0.2) is 0 Å². The third kappa shape index (κ3) is 5.86. The molecular weight excluding hydrogens is 196 g/mol. The molecule has 0 bridgehead atoms. The third-order valence-electron chi connectivity index (χ3n) is 3.67. The van der Waals surface area contributed by atoms with Gasteiger partial charge < -0.3 is 9.80 Å². The lowest BCUT2D eigenvalue weighted by Crippen LogP contribution is -2.46. The van der Waals surface area contributed by atoms with E-state index in [0.717, 1.165) is 5.92 Å². The number of nitrogens with zero attached hydrogens (tertiary/aromatic N) is 2. The van der Waals surface area contributed by atoms with Crippen LogP contribution in [0.1, 0.15) is 46.5 Å². The highest BCUT2D eigenvalue weighted by Gasteiger charge is 2.14. The van der Waals surface area contributed by atoms with Crippen molar-refractivity contribution in [3.05, 3.63) is 0 Å². The van der Waals surface area contributed by atoms with Gasteiger partial charge in [-0.15, -0.1) is 0 Å². The topological polar surface area (TPSA) is 6.48 Å². The lowest BCUT2D eigenvalue weighted by atomic mass is 10.1. The lowest BCUT2D eigenvalue weighted by molar-refractivity contribution is 0.135. The predicted molar refractivity (Wildman–Crippen MR) is 71.9 cm³/mol.